The van der Waals surface area contributed by atoms with Gasteiger partial charge in [-0.3, -0.25) is 0 Å². The van der Waals surface area contributed by atoms with Crippen LogP contribution >= 0.6 is 34.8 Å². The Kier molecular flexibility index (Phi) is 3.91. The molecule has 0 saturated carbocycles. The Morgan fingerprint density at radius 3 is 2.14 bits per heavy atom. The van der Waals surface area contributed by atoms with E-state index in [9.17, 15) is 0 Å². The van der Waals surface area contributed by atoms with E-state index in [0.717, 1.165) is 0 Å². The van der Waals surface area contributed by atoms with Gasteiger partial charge in [-0.1, -0.05) is 23.2 Å². The molecule has 0 aromatic heterocycles. The van der Waals surface area contributed by atoms with Gasteiger partial charge in [-0.15, -0.1) is 11.6 Å². The number of alkyl halides is 1. The van der Waals surface area contributed by atoms with Gasteiger partial charge in [0.1, 0.15) is 0 Å². The molecule has 0 radical (unpaired) electrons. The van der Waals surface area contributed by atoms with Gasteiger partial charge in [0.2, 0.25) is 0 Å². The standard InChI is InChI=1S/C4H5Cl3/c1-3(6)4(7)2-5/h2-3H,1H3/b4-2+. The van der Waals surface area contributed by atoms with E-state index in [2.05, 4.69) is 0 Å². The van der Waals surface area contributed by atoms with Crippen molar-refractivity contribution >= 4 is 34.8 Å². The van der Waals surface area contributed by atoms with Crippen LogP contribution in [0, 0.1) is 0 Å². The van der Waals surface area contributed by atoms with Crippen molar-refractivity contribution in [3.63, 3.8) is 0 Å². The SMILES string of the molecule is CC(Cl)/C(Cl)=C\Cl. The van der Waals surface area contributed by atoms with Crippen LogP contribution in [0.5, 0.6) is 0 Å². The lowest BCUT2D eigenvalue weighted by Crippen LogP contribution is -1.86. The molecule has 0 N–H and O–H groups in total. The predicted octanol–water partition coefficient (Wildman–Crippen LogP) is 2.93. The second-order valence-electron chi connectivity index (χ2n) is 1.11. The van der Waals surface area contributed by atoms with Crippen molar-refractivity contribution < 1.29 is 0 Å². The molecule has 0 spiro atoms. The number of rotatable bonds is 1. The summed E-state index contributed by atoms with van der Waals surface area (Å²) in [6, 6.07) is 0. The Balaban J connectivity index is 3.56. The minimum atomic E-state index is -0.167. The van der Waals surface area contributed by atoms with Gasteiger partial charge in [0.25, 0.3) is 0 Å². The molecule has 3 heteroatoms. The van der Waals surface area contributed by atoms with Gasteiger partial charge in [-0.2, -0.15) is 0 Å². The van der Waals surface area contributed by atoms with E-state index >= 15 is 0 Å². The van der Waals surface area contributed by atoms with Crippen LogP contribution in [-0.4, -0.2) is 5.38 Å². The van der Waals surface area contributed by atoms with Crippen molar-refractivity contribution in [2.24, 2.45) is 0 Å². The van der Waals surface area contributed by atoms with Gasteiger partial charge in [-0.25, -0.2) is 0 Å². The van der Waals surface area contributed by atoms with E-state index in [1.807, 2.05) is 0 Å². The summed E-state index contributed by atoms with van der Waals surface area (Å²) < 4.78 is 0. The van der Waals surface area contributed by atoms with Crippen molar-refractivity contribution in [3.8, 4) is 0 Å². The summed E-state index contributed by atoms with van der Waals surface area (Å²) in [5.41, 5.74) is 1.26. The fourth-order valence-corrected chi connectivity index (χ4v) is 0.403. The third-order valence-corrected chi connectivity index (χ3v) is 1.61. The van der Waals surface area contributed by atoms with Gasteiger partial charge in [-0.05, 0) is 6.92 Å². The molecule has 0 nitrogen and oxygen atoms in total. The predicted molar refractivity (Wildman–Crippen MR) is 35.1 cm³/mol. The molecule has 0 aliphatic rings. The fraction of sp³-hybridized carbons (Fsp3) is 0.500. The van der Waals surface area contributed by atoms with Gasteiger partial charge in [0.05, 0.1) is 5.38 Å². The maximum atomic E-state index is 5.44. The largest absolute Gasteiger partial charge is 0.117 e. The minimum Gasteiger partial charge on any atom is -0.117 e. The maximum absolute atomic E-state index is 5.44. The summed E-state index contributed by atoms with van der Waals surface area (Å²) in [5.74, 6) is 0. The lowest BCUT2D eigenvalue weighted by molar-refractivity contribution is 1.21. The van der Waals surface area contributed by atoms with Gasteiger partial charge in [0.15, 0.2) is 0 Å². The zero-order valence-corrected chi connectivity index (χ0v) is 6.06. The zero-order chi connectivity index (χ0) is 5.86. The van der Waals surface area contributed by atoms with E-state index in [0.29, 0.717) is 5.03 Å². The summed E-state index contributed by atoms with van der Waals surface area (Å²) in [5, 5.41) is 0.308. The lowest BCUT2D eigenvalue weighted by Gasteiger charge is -1.93. The molecule has 0 amide bonds. The van der Waals surface area contributed by atoms with Gasteiger partial charge < -0.3 is 0 Å². The highest BCUT2D eigenvalue weighted by Crippen LogP contribution is 2.13. The fourth-order valence-electron chi connectivity index (χ4n) is 0.0868. The van der Waals surface area contributed by atoms with E-state index in [1.165, 1.54) is 5.54 Å². The number of hydrogen-bond donors (Lipinski definition) is 0. The first-order valence-corrected chi connectivity index (χ1v) is 3.03. The second kappa shape index (κ2) is 3.59. The normalized spacial score (nSPS) is 16.9. The van der Waals surface area contributed by atoms with Crippen LogP contribution in [0.25, 0.3) is 0 Å². The summed E-state index contributed by atoms with van der Waals surface area (Å²) in [7, 11) is 0. The van der Waals surface area contributed by atoms with Crippen LogP contribution in [0.4, 0.5) is 0 Å². The van der Waals surface area contributed by atoms with Crippen LogP contribution in [0.15, 0.2) is 10.6 Å². The molecule has 42 valence electrons. The molecule has 0 saturated heterocycles. The number of hydrogen-bond acceptors (Lipinski definition) is 0. The van der Waals surface area contributed by atoms with Crippen molar-refractivity contribution in [1.82, 2.24) is 0 Å². The monoisotopic (exact) mass is 158 g/mol. The van der Waals surface area contributed by atoms with E-state index < -0.39 is 0 Å². The minimum absolute atomic E-state index is 0.167. The van der Waals surface area contributed by atoms with E-state index in [1.54, 1.807) is 6.92 Å². The number of allylic oxidation sites excluding steroid dienone is 1. The summed E-state index contributed by atoms with van der Waals surface area (Å²) in [4.78, 5) is 0. The van der Waals surface area contributed by atoms with Gasteiger partial charge >= 0.3 is 0 Å². The Bertz CT molecular complexity index is 75.0. The Labute approximate surface area is 58.1 Å². The summed E-state index contributed by atoms with van der Waals surface area (Å²) in [6.45, 7) is 1.75. The van der Waals surface area contributed by atoms with Crippen LogP contribution in [0.3, 0.4) is 0 Å². The van der Waals surface area contributed by atoms with E-state index in [-0.39, 0.29) is 5.38 Å². The highest BCUT2D eigenvalue weighted by molar-refractivity contribution is 6.41. The summed E-state index contributed by atoms with van der Waals surface area (Å²) >= 11 is 16.0. The van der Waals surface area contributed by atoms with E-state index in [4.69, 9.17) is 34.8 Å². The van der Waals surface area contributed by atoms with Gasteiger partial charge in [0, 0.05) is 10.6 Å². The average molecular weight is 159 g/mol. The molecule has 0 aliphatic carbocycles. The molecule has 7 heavy (non-hydrogen) atoms. The average Bonchev–Trinajstić information content (AvgIpc) is 1.65. The molecular formula is C4H5Cl3. The molecular weight excluding hydrogens is 154 g/mol. The van der Waals surface area contributed by atoms with Crippen molar-refractivity contribution in [1.29, 1.82) is 0 Å². The third-order valence-electron chi connectivity index (χ3n) is 0.484. The van der Waals surface area contributed by atoms with Crippen LogP contribution in [0.2, 0.25) is 0 Å². The quantitative estimate of drug-likeness (QED) is 0.516. The van der Waals surface area contributed by atoms with Crippen molar-refractivity contribution in [3.05, 3.63) is 10.6 Å². The Morgan fingerprint density at radius 1 is 1.71 bits per heavy atom. The Morgan fingerprint density at radius 2 is 2.14 bits per heavy atom. The molecule has 0 rings (SSSR count). The molecule has 0 aliphatic heterocycles. The molecule has 0 aromatic carbocycles. The van der Waals surface area contributed by atoms with Crippen LogP contribution < -0.4 is 0 Å². The maximum Gasteiger partial charge on any atom is 0.0673 e. The van der Waals surface area contributed by atoms with Crippen molar-refractivity contribution in [2.45, 2.75) is 12.3 Å². The third kappa shape index (κ3) is 3.22. The molecule has 0 bridgehead atoms. The summed E-state index contributed by atoms with van der Waals surface area (Å²) in [6.07, 6.45) is 0. The topological polar surface area (TPSA) is 0 Å². The molecule has 0 fully saturated rings. The second-order valence-corrected chi connectivity index (χ2v) is 2.42. The highest BCUT2D eigenvalue weighted by Gasteiger charge is 1.97. The molecule has 1 atom stereocenters. The number of halogens is 3. The first-order chi connectivity index (χ1) is 3.18. The highest BCUT2D eigenvalue weighted by atomic mass is 35.5. The van der Waals surface area contributed by atoms with Crippen LogP contribution in [-0.2, 0) is 0 Å². The van der Waals surface area contributed by atoms with Crippen molar-refractivity contribution in [2.75, 3.05) is 0 Å². The Hall–Kier alpha value is 0.610. The first-order valence-electron chi connectivity index (χ1n) is 1.78. The molecule has 0 heterocycles. The lowest BCUT2D eigenvalue weighted by atomic mass is 10.5. The zero-order valence-electron chi connectivity index (χ0n) is 3.79. The first kappa shape index (κ1) is 7.61. The van der Waals surface area contributed by atoms with Crippen LogP contribution in [0.1, 0.15) is 6.92 Å². The smallest absolute Gasteiger partial charge is 0.0673 e. The molecule has 0 aromatic rings. The molecule has 1 unspecified atom stereocenters.